The molecule has 0 bridgehead atoms. The van der Waals surface area contributed by atoms with Crippen molar-refractivity contribution in [2.75, 3.05) is 13.1 Å². The summed E-state index contributed by atoms with van der Waals surface area (Å²) in [6, 6.07) is 21.3. The van der Waals surface area contributed by atoms with Gasteiger partial charge in [0.05, 0.1) is 18.0 Å². The fraction of sp³-hybridized carbons (Fsp3) is 0.208. The molecule has 6 nitrogen and oxygen atoms in total. The summed E-state index contributed by atoms with van der Waals surface area (Å²) in [6.45, 7) is 5.81. The number of furan rings is 1. The van der Waals surface area contributed by atoms with E-state index in [9.17, 15) is 13.2 Å². The molecule has 0 atom stereocenters. The molecule has 0 N–H and O–H groups in total. The zero-order valence-electron chi connectivity index (χ0n) is 17.5. The van der Waals surface area contributed by atoms with Gasteiger partial charge >= 0.3 is 0 Å². The summed E-state index contributed by atoms with van der Waals surface area (Å²) in [7, 11) is -3.84. The Morgan fingerprint density at radius 1 is 0.968 bits per heavy atom. The van der Waals surface area contributed by atoms with Gasteiger partial charge in [-0.25, -0.2) is 8.42 Å². The lowest BCUT2D eigenvalue weighted by Crippen LogP contribution is -2.42. The van der Waals surface area contributed by atoms with Crippen LogP contribution in [0.25, 0.3) is 0 Å². The van der Waals surface area contributed by atoms with Gasteiger partial charge in [0.1, 0.15) is 11.5 Å². The number of carbonyl (C=O) groups excluding carboxylic acids is 1. The van der Waals surface area contributed by atoms with Crippen LogP contribution in [0.2, 0.25) is 0 Å². The molecule has 0 saturated heterocycles. The molecule has 3 rings (SSSR count). The van der Waals surface area contributed by atoms with Crippen LogP contribution in [-0.4, -0.2) is 36.6 Å². The van der Waals surface area contributed by atoms with Crippen LogP contribution >= 0.6 is 0 Å². The Kier molecular flexibility index (Phi) is 7.44. The third kappa shape index (κ3) is 5.93. The predicted molar refractivity (Wildman–Crippen MR) is 120 cm³/mol. The number of nitrogens with zero attached hydrogens (tertiary/aromatic N) is 2. The number of sulfonamides is 1. The average molecular weight is 439 g/mol. The summed E-state index contributed by atoms with van der Waals surface area (Å²) in [5, 5.41) is 0. The summed E-state index contributed by atoms with van der Waals surface area (Å²) in [4.78, 5) is 15.0. The molecule has 0 aliphatic rings. The first kappa shape index (κ1) is 22.5. The Hall–Kier alpha value is -3.16. The fourth-order valence-corrected chi connectivity index (χ4v) is 4.56. The smallest absolute Gasteiger partial charge is 0.243 e. The van der Waals surface area contributed by atoms with Gasteiger partial charge in [0.2, 0.25) is 15.9 Å². The molecule has 1 amide bonds. The number of benzene rings is 2. The van der Waals surface area contributed by atoms with E-state index in [-0.39, 0.29) is 30.4 Å². The van der Waals surface area contributed by atoms with E-state index in [4.69, 9.17) is 4.42 Å². The van der Waals surface area contributed by atoms with E-state index in [2.05, 4.69) is 6.58 Å². The standard InChI is InChI=1S/C24H26N2O4S/c1-3-16-26(31(28,29)23-12-8-5-9-13-23)19-24(27)25(17-21-10-6-4-7-11-21)18-22-15-14-20(2)30-22/h3-15H,1,16-19H2,2H3. The topological polar surface area (TPSA) is 70.8 Å². The van der Waals surface area contributed by atoms with Crippen molar-refractivity contribution >= 4 is 15.9 Å². The Balaban J connectivity index is 1.84. The molecular weight excluding hydrogens is 412 g/mol. The normalized spacial score (nSPS) is 11.4. The number of hydrogen-bond acceptors (Lipinski definition) is 4. The minimum absolute atomic E-state index is 0.0298. The van der Waals surface area contributed by atoms with Crippen molar-refractivity contribution < 1.29 is 17.6 Å². The molecule has 3 aromatic rings. The van der Waals surface area contributed by atoms with Crippen molar-refractivity contribution in [2.24, 2.45) is 0 Å². The van der Waals surface area contributed by atoms with Crippen molar-refractivity contribution in [1.82, 2.24) is 9.21 Å². The molecule has 0 fully saturated rings. The molecular formula is C24H26N2O4S. The largest absolute Gasteiger partial charge is 0.464 e. The minimum Gasteiger partial charge on any atom is -0.464 e. The summed E-state index contributed by atoms with van der Waals surface area (Å²) >= 11 is 0. The lowest BCUT2D eigenvalue weighted by atomic mass is 10.2. The van der Waals surface area contributed by atoms with Crippen molar-refractivity contribution in [1.29, 1.82) is 0 Å². The molecule has 7 heteroatoms. The monoisotopic (exact) mass is 438 g/mol. The van der Waals surface area contributed by atoms with E-state index in [0.29, 0.717) is 12.3 Å². The van der Waals surface area contributed by atoms with E-state index in [0.717, 1.165) is 15.6 Å². The summed E-state index contributed by atoms with van der Waals surface area (Å²) < 4.78 is 33.0. The van der Waals surface area contributed by atoms with Gasteiger partial charge < -0.3 is 9.32 Å². The van der Waals surface area contributed by atoms with E-state index >= 15 is 0 Å². The summed E-state index contributed by atoms with van der Waals surface area (Å²) in [5.74, 6) is 1.07. The second kappa shape index (κ2) is 10.2. The molecule has 31 heavy (non-hydrogen) atoms. The number of carbonyl (C=O) groups is 1. The van der Waals surface area contributed by atoms with E-state index < -0.39 is 10.0 Å². The Morgan fingerprint density at radius 3 is 2.19 bits per heavy atom. The van der Waals surface area contributed by atoms with Crippen LogP contribution in [0.5, 0.6) is 0 Å². The Morgan fingerprint density at radius 2 is 1.61 bits per heavy atom. The minimum atomic E-state index is -3.84. The van der Waals surface area contributed by atoms with Crippen molar-refractivity contribution in [3.8, 4) is 0 Å². The average Bonchev–Trinajstić information content (AvgIpc) is 3.19. The Bertz CT molecular complexity index is 1110. The van der Waals surface area contributed by atoms with Crippen LogP contribution in [0.3, 0.4) is 0 Å². The highest BCUT2D eigenvalue weighted by molar-refractivity contribution is 7.89. The molecule has 0 aliphatic heterocycles. The third-order valence-corrected chi connectivity index (χ3v) is 6.56. The summed E-state index contributed by atoms with van der Waals surface area (Å²) in [5.41, 5.74) is 0.945. The first-order valence-electron chi connectivity index (χ1n) is 9.93. The van der Waals surface area contributed by atoms with Crippen LogP contribution in [0.4, 0.5) is 0 Å². The molecule has 0 spiro atoms. The van der Waals surface area contributed by atoms with Gasteiger partial charge in [-0.15, -0.1) is 6.58 Å². The fourth-order valence-electron chi connectivity index (χ4n) is 3.18. The molecule has 0 unspecified atom stereocenters. The molecule has 0 saturated carbocycles. The van der Waals surface area contributed by atoms with Crippen molar-refractivity contribution in [2.45, 2.75) is 24.9 Å². The molecule has 0 aliphatic carbocycles. The molecule has 2 aromatic carbocycles. The quantitative estimate of drug-likeness (QED) is 0.449. The van der Waals surface area contributed by atoms with Crippen LogP contribution in [0, 0.1) is 6.92 Å². The highest BCUT2D eigenvalue weighted by Gasteiger charge is 2.28. The van der Waals surface area contributed by atoms with Gasteiger partial charge in [-0.3, -0.25) is 4.79 Å². The van der Waals surface area contributed by atoms with Crippen molar-refractivity contribution in [3.05, 3.63) is 103 Å². The Labute approximate surface area is 183 Å². The van der Waals surface area contributed by atoms with Gasteiger partial charge in [-0.05, 0) is 36.8 Å². The highest BCUT2D eigenvalue weighted by Crippen LogP contribution is 2.18. The van der Waals surface area contributed by atoms with Gasteiger partial charge in [-0.2, -0.15) is 4.31 Å². The second-order valence-electron chi connectivity index (χ2n) is 7.15. The number of rotatable bonds is 10. The van der Waals surface area contributed by atoms with E-state index in [1.54, 1.807) is 23.1 Å². The van der Waals surface area contributed by atoms with Crippen molar-refractivity contribution in [3.63, 3.8) is 0 Å². The first-order chi connectivity index (χ1) is 14.9. The number of hydrogen-bond donors (Lipinski definition) is 0. The van der Waals surface area contributed by atoms with E-state index in [1.807, 2.05) is 49.4 Å². The van der Waals surface area contributed by atoms with Crippen LogP contribution in [0.15, 0.2) is 94.8 Å². The lowest BCUT2D eigenvalue weighted by Gasteiger charge is -2.26. The third-order valence-electron chi connectivity index (χ3n) is 4.74. The zero-order chi connectivity index (χ0) is 22.3. The molecule has 1 heterocycles. The SMILES string of the molecule is C=CCN(CC(=O)N(Cc1ccccc1)Cc1ccc(C)o1)S(=O)(=O)c1ccccc1. The second-order valence-corrected chi connectivity index (χ2v) is 9.08. The van der Waals surface area contributed by atoms with Gasteiger partial charge in [0.25, 0.3) is 0 Å². The molecule has 1 aromatic heterocycles. The summed E-state index contributed by atoms with van der Waals surface area (Å²) in [6.07, 6.45) is 1.48. The maximum Gasteiger partial charge on any atom is 0.243 e. The zero-order valence-corrected chi connectivity index (χ0v) is 18.3. The lowest BCUT2D eigenvalue weighted by molar-refractivity contribution is -0.132. The van der Waals surface area contributed by atoms with Crippen LogP contribution in [0.1, 0.15) is 17.1 Å². The van der Waals surface area contributed by atoms with E-state index in [1.165, 1.54) is 18.2 Å². The maximum atomic E-state index is 13.3. The van der Waals surface area contributed by atoms with Gasteiger partial charge in [0.15, 0.2) is 0 Å². The highest BCUT2D eigenvalue weighted by atomic mass is 32.2. The van der Waals surface area contributed by atoms with Gasteiger partial charge in [-0.1, -0.05) is 54.6 Å². The number of aryl methyl sites for hydroxylation is 1. The van der Waals surface area contributed by atoms with Gasteiger partial charge in [0, 0.05) is 13.1 Å². The number of amides is 1. The predicted octanol–water partition coefficient (Wildman–Crippen LogP) is 3.99. The molecule has 0 radical (unpaired) electrons. The first-order valence-corrected chi connectivity index (χ1v) is 11.4. The maximum absolute atomic E-state index is 13.3. The van der Waals surface area contributed by atoms with Crippen LogP contribution < -0.4 is 0 Å². The molecule has 162 valence electrons. The van der Waals surface area contributed by atoms with Crippen LogP contribution in [-0.2, 0) is 27.9 Å².